The molecule has 0 aromatic carbocycles. The molecule has 0 radical (unpaired) electrons. The monoisotopic (exact) mass is 370 g/mol. The zero-order chi connectivity index (χ0) is 19.2. The molecule has 27 heavy (non-hydrogen) atoms. The lowest BCUT2D eigenvalue weighted by atomic mass is 9.71. The van der Waals surface area contributed by atoms with Crippen LogP contribution in [0.25, 0.3) is 5.65 Å². The van der Waals surface area contributed by atoms with E-state index < -0.39 is 23.0 Å². The Labute approximate surface area is 155 Å². The topological polar surface area (TPSA) is 104 Å². The van der Waals surface area contributed by atoms with Gasteiger partial charge in [0.15, 0.2) is 0 Å². The Morgan fingerprint density at radius 2 is 2.19 bits per heavy atom. The molecule has 2 aliphatic heterocycles. The van der Waals surface area contributed by atoms with Gasteiger partial charge in [0.2, 0.25) is 5.91 Å². The molecule has 8 nitrogen and oxygen atoms in total. The van der Waals surface area contributed by atoms with Gasteiger partial charge in [-0.15, -0.1) is 0 Å². The van der Waals surface area contributed by atoms with Gasteiger partial charge in [-0.1, -0.05) is 6.07 Å². The number of likely N-dealkylation sites (tertiary alicyclic amines) is 1. The van der Waals surface area contributed by atoms with Crippen LogP contribution in [0.4, 0.5) is 0 Å². The minimum absolute atomic E-state index is 0.0236. The van der Waals surface area contributed by atoms with E-state index in [0.717, 1.165) is 6.42 Å². The van der Waals surface area contributed by atoms with Crippen molar-refractivity contribution >= 4 is 17.5 Å². The Morgan fingerprint density at radius 3 is 2.96 bits per heavy atom. The van der Waals surface area contributed by atoms with Crippen LogP contribution in [0.15, 0.2) is 29.2 Å². The molecular weight excluding hydrogens is 348 g/mol. The number of piperidine rings is 2. The molecule has 0 saturated carbocycles. The number of carbonyl (C=O) groups excluding carboxylic acids is 2. The number of aliphatic hydroxyl groups excluding tert-OH is 1. The smallest absolute Gasteiger partial charge is 0.270 e. The molecule has 2 saturated heterocycles. The van der Waals surface area contributed by atoms with Crippen LogP contribution in [0.5, 0.6) is 0 Å². The molecule has 8 heteroatoms. The fourth-order valence-corrected chi connectivity index (χ4v) is 4.21. The van der Waals surface area contributed by atoms with E-state index in [2.05, 4.69) is 10.3 Å². The zero-order valence-electron chi connectivity index (χ0n) is 15.1. The minimum atomic E-state index is -0.997. The van der Waals surface area contributed by atoms with Gasteiger partial charge in [-0.05, 0) is 38.3 Å². The fourth-order valence-electron chi connectivity index (χ4n) is 4.21. The average molecular weight is 370 g/mol. The Bertz CT molecular complexity index is 985. The molecule has 2 amide bonds. The lowest BCUT2D eigenvalue weighted by Crippen LogP contribution is -2.62. The highest BCUT2D eigenvalue weighted by atomic mass is 16.3. The maximum Gasteiger partial charge on any atom is 0.270 e. The summed E-state index contributed by atoms with van der Waals surface area (Å²) in [6.45, 7) is 2.76. The van der Waals surface area contributed by atoms with E-state index >= 15 is 0 Å². The molecule has 4 rings (SSSR count). The van der Waals surface area contributed by atoms with Gasteiger partial charge < -0.3 is 15.3 Å². The zero-order valence-corrected chi connectivity index (χ0v) is 15.1. The van der Waals surface area contributed by atoms with Crippen LogP contribution < -0.4 is 10.9 Å². The van der Waals surface area contributed by atoms with E-state index in [4.69, 9.17) is 0 Å². The molecule has 2 atom stereocenters. The van der Waals surface area contributed by atoms with E-state index in [1.165, 1.54) is 15.5 Å². The van der Waals surface area contributed by atoms with Gasteiger partial charge in [-0.25, -0.2) is 4.98 Å². The number of aliphatic hydroxyl groups is 1. The summed E-state index contributed by atoms with van der Waals surface area (Å²) >= 11 is 0. The second-order valence-corrected chi connectivity index (χ2v) is 7.38. The van der Waals surface area contributed by atoms with E-state index in [9.17, 15) is 19.5 Å². The van der Waals surface area contributed by atoms with Gasteiger partial charge in [0.05, 0.1) is 11.5 Å². The largest absolute Gasteiger partial charge is 0.392 e. The first kappa shape index (κ1) is 17.7. The molecule has 142 valence electrons. The van der Waals surface area contributed by atoms with E-state index in [-0.39, 0.29) is 18.0 Å². The predicted molar refractivity (Wildman–Crippen MR) is 97.4 cm³/mol. The molecule has 2 N–H and O–H groups in total. The van der Waals surface area contributed by atoms with E-state index in [1.807, 2.05) is 0 Å². The van der Waals surface area contributed by atoms with Crippen molar-refractivity contribution in [2.45, 2.75) is 32.3 Å². The number of hydrogen-bond acceptors (Lipinski definition) is 5. The minimum Gasteiger partial charge on any atom is -0.392 e. The maximum atomic E-state index is 13.1. The number of nitrogens with one attached hydrogen (secondary N) is 1. The number of nitrogens with zero attached hydrogens (tertiary/aromatic N) is 3. The van der Waals surface area contributed by atoms with Crippen molar-refractivity contribution in [1.29, 1.82) is 0 Å². The highest BCUT2D eigenvalue weighted by molar-refractivity contribution is 5.95. The fraction of sp³-hybridized carbons (Fsp3) is 0.474. The van der Waals surface area contributed by atoms with Crippen molar-refractivity contribution in [3.8, 4) is 0 Å². The first-order valence-electron chi connectivity index (χ1n) is 9.17. The molecular formula is C19H22N4O4. The molecule has 0 unspecified atom stereocenters. The van der Waals surface area contributed by atoms with Crippen LogP contribution in [0.2, 0.25) is 0 Å². The summed E-state index contributed by atoms with van der Waals surface area (Å²) in [4.78, 5) is 44.2. The lowest BCUT2D eigenvalue weighted by molar-refractivity contribution is -0.147. The Balaban J connectivity index is 1.70. The summed E-state index contributed by atoms with van der Waals surface area (Å²) in [6, 6.07) is 5.29. The van der Waals surface area contributed by atoms with Crippen molar-refractivity contribution in [2.24, 2.45) is 5.41 Å². The lowest BCUT2D eigenvalue weighted by Gasteiger charge is -2.46. The number of hydrogen-bond donors (Lipinski definition) is 2. The molecule has 2 aromatic heterocycles. The molecule has 2 aliphatic rings. The summed E-state index contributed by atoms with van der Waals surface area (Å²) in [5.74, 6) is -0.669. The normalized spacial score (nSPS) is 25.6. The van der Waals surface area contributed by atoms with Gasteiger partial charge in [0.25, 0.3) is 11.5 Å². The van der Waals surface area contributed by atoms with E-state index in [1.54, 1.807) is 25.1 Å². The molecule has 0 aliphatic carbocycles. The second-order valence-electron chi connectivity index (χ2n) is 7.38. The van der Waals surface area contributed by atoms with Gasteiger partial charge in [-0.3, -0.25) is 18.8 Å². The number of aromatic nitrogens is 2. The van der Waals surface area contributed by atoms with Crippen LogP contribution >= 0.6 is 0 Å². The Hall–Kier alpha value is -2.74. The average Bonchev–Trinajstić information content (AvgIpc) is 2.66. The highest BCUT2D eigenvalue weighted by Crippen LogP contribution is 2.37. The first-order valence-corrected chi connectivity index (χ1v) is 9.17. The van der Waals surface area contributed by atoms with Gasteiger partial charge >= 0.3 is 0 Å². The van der Waals surface area contributed by atoms with Crippen LogP contribution in [-0.2, 0) is 4.79 Å². The third-order valence-corrected chi connectivity index (χ3v) is 5.76. The number of amides is 2. The van der Waals surface area contributed by atoms with Gasteiger partial charge in [0, 0.05) is 31.5 Å². The summed E-state index contributed by atoms with van der Waals surface area (Å²) in [6.07, 6.45) is 2.10. The predicted octanol–water partition coefficient (Wildman–Crippen LogP) is 0.106. The number of aryl methyl sites for hydroxylation is 1. The summed E-state index contributed by atoms with van der Waals surface area (Å²) in [5.41, 5.74) is -0.269. The van der Waals surface area contributed by atoms with Crippen LogP contribution in [0.1, 0.15) is 35.3 Å². The number of carbonyl (C=O) groups is 2. The number of rotatable bonds is 1. The van der Waals surface area contributed by atoms with Crippen LogP contribution in [-0.4, -0.2) is 56.9 Å². The van der Waals surface area contributed by atoms with E-state index in [0.29, 0.717) is 37.3 Å². The molecule has 2 aromatic rings. The third kappa shape index (κ3) is 2.71. The van der Waals surface area contributed by atoms with Crippen molar-refractivity contribution in [3.05, 3.63) is 46.0 Å². The summed E-state index contributed by atoms with van der Waals surface area (Å²) < 4.78 is 1.41. The third-order valence-electron chi connectivity index (χ3n) is 5.76. The molecule has 2 fully saturated rings. The molecule has 4 heterocycles. The SMILES string of the molecule is Cc1cccc2ncc(C(=O)N3CC[C@H](O)[C@@]4(CCCNC4=O)C3)c(=O)n12. The van der Waals surface area contributed by atoms with Gasteiger partial charge in [0.1, 0.15) is 11.2 Å². The summed E-state index contributed by atoms with van der Waals surface area (Å²) in [5, 5.41) is 13.3. The van der Waals surface area contributed by atoms with Crippen LogP contribution in [0, 0.1) is 12.3 Å². The quantitative estimate of drug-likeness (QED) is 0.741. The van der Waals surface area contributed by atoms with Crippen molar-refractivity contribution < 1.29 is 14.7 Å². The van der Waals surface area contributed by atoms with Crippen molar-refractivity contribution in [1.82, 2.24) is 19.6 Å². The van der Waals surface area contributed by atoms with Crippen molar-refractivity contribution in [2.75, 3.05) is 19.6 Å². The van der Waals surface area contributed by atoms with Gasteiger partial charge in [-0.2, -0.15) is 0 Å². The second kappa shape index (κ2) is 6.45. The maximum absolute atomic E-state index is 13.1. The summed E-state index contributed by atoms with van der Waals surface area (Å²) in [7, 11) is 0. The van der Waals surface area contributed by atoms with Crippen molar-refractivity contribution in [3.63, 3.8) is 0 Å². The standard InChI is InChI=1S/C19H22N4O4/c1-12-4-2-5-15-21-10-13(17(26)23(12)15)16(25)22-9-6-14(24)19(11-22)7-3-8-20-18(19)27/h2,4-5,10,14,24H,3,6-9,11H2,1H3,(H,20,27)/t14-,19+/m0/s1. The van der Waals surface area contributed by atoms with Crippen LogP contribution in [0.3, 0.4) is 0 Å². The molecule has 0 bridgehead atoms. The molecule has 1 spiro atoms. The number of fused-ring (bicyclic) bond motifs is 1. The highest BCUT2D eigenvalue weighted by Gasteiger charge is 2.50. The first-order chi connectivity index (χ1) is 12.9. The Morgan fingerprint density at radius 1 is 1.37 bits per heavy atom. The number of pyridine rings is 1. The Kier molecular flexibility index (Phi) is 4.22.